The van der Waals surface area contributed by atoms with Gasteiger partial charge in [-0.2, -0.15) is 0 Å². The van der Waals surface area contributed by atoms with Crippen LogP contribution in [0.1, 0.15) is 54.3 Å². The molecule has 0 bridgehead atoms. The van der Waals surface area contributed by atoms with E-state index in [-0.39, 0.29) is 24.4 Å². The van der Waals surface area contributed by atoms with Crippen LogP contribution < -0.4 is 5.32 Å². The highest BCUT2D eigenvalue weighted by atomic mass is 32.2. The average molecular weight is 456 g/mol. The maximum absolute atomic E-state index is 12.6. The van der Waals surface area contributed by atoms with Crippen LogP contribution in [0, 0.1) is 5.41 Å². The number of anilines is 1. The number of hydrogen-bond acceptors (Lipinski definition) is 6. The first-order valence-electron chi connectivity index (χ1n) is 10.7. The summed E-state index contributed by atoms with van der Waals surface area (Å²) in [5, 5.41) is 2.81. The molecule has 3 rings (SSSR count). The standard InChI is InChI=1S/C25H29NO5S/c1-25(2,3)24(29)26-18-12-10-17(11-13-18)21(27)15-31-23(28)20-8-4-5-9-22(20)32-16-19-7-6-14-30-19/h4-5,8-13,19H,6-7,14-16H2,1-3H3,(H,26,29). The second-order valence-electron chi connectivity index (χ2n) is 8.72. The number of ether oxygens (including phenoxy) is 2. The van der Waals surface area contributed by atoms with Gasteiger partial charge in [0, 0.05) is 33.9 Å². The van der Waals surface area contributed by atoms with E-state index in [0.717, 1.165) is 30.1 Å². The number of thioether (sulfide) groups is 1. The van der Waals surface area contributed by atoms with E-state index in [4.69, 9.17) is 9.47 Å². The summed E-state index contributed by atoms with van der Waals surface area (Å²) in [7, 11) is 0. The van der Waals surface area contributed by atoms with Crippen molar-refractivity contribution in [3.63, 3.8) is 0 Å². The van der Waals surface area contributed by atoms with E-state index in [0.29, 0.717) is 16.8 Å². The molecule has 2 aromatic rings. The van der Waals surface area contributed by atoms with Gasteiger partial charge in [0.05, 0.1) is 11.7 Å². The second kappa shape index (κ2) is 10.8. The van der Waals surface area contributed by atoms with Crippen molar-refractivity contribution in [1.29, 1.82) is 0 Å². The number of nitrogens with one attached hydrogen (secondary N) is 1. The summed E-state index contributed by atoms with van der Waals surface area (Å²) >= 11 is 1.57. The summed E-state index contributed by atoms with van der Waals surface area (Å²) in [5.74, 6) is -0.164. The number of Topliss-reactive ketones (excluding diaryl/α,β-unsaturated/α-hetero) is 1. The molecule has 0 saturated carbocycles. The molecule has 7 heteroatoms. The first-order valence-corrected chi connectivity index (χ1v) is 11.7. The number of carbonyl (C=O) groups is 3. The molecule has 1 amide bonds. The summed E-state index contributed by atoms with van der Waals surface area (Å²) in [6, 6.07) is 13.8. The van der Waals surface area contributed by atoms with E-state index in [1.807, 2.05) is 32.9 Å². The molecule has 1 heterocycles. The molecule has 1 saturated heterocycles. The maximum Gasteiger partial charge on any atom is 0.339 e. The second-order valence-corrected chi connectivity index (χ2v) is 9.78. The van der Waals surface area contributed by atoms with Crippen molar-refractivity contribution in [2.75, 3.05) is 24.3 Å². The third kappa shape index (κ3) is 6.68. The third-order valence-corrected chi connectivity index (χ3v) is 6.24. The molecule has 0 aliphatic carbocycles. The summed E-state index contributed by atoms with van der Waals surface area (Å²) in [5.41, 5.74) is 0.952. The number of benzene rings is 2. The fraction of sp³-hybridized carbons (Fsp3) is 0.400. The summed E-state index contributed by atoms with van der Waals surface area (Å²) < 4.78 is 10.9. The molecule has 1 aliphatic rings. The lowest BCUT2D eigenvalue weighted by Gasteiger charge is -2.17. The van der Waals surface area contributed by atoms with Gasteiger partial charge in [-0.05, 0) is 49.2 Å². The van der Waals surface area contributed by atoms with Gasteiger partial charge in [0.1, 0.15) is 0 Å². The highest BCUT2D eigenvalue weighted by Gasteiger charge is 2.22. The Morgan fingerprint density at radius 3 is 2.47 bits per heavy atom. The molecule has 1 aliphatic heterocycles. The third-order valence-electron chi connectivity index (χ3n) is 5.04. The zero-order chi connectivity index (χ0) is 23.1. The molecule has 170 valence electrons. The van der Waals surface area contributed by atoms with Crippen LogP contribution in [-0.2, 0) is 14.3 Å². The van der Waals surface area contributed by atoms with Gasteiger partial charge in [-0.1, -0.05) is 32.9 Å². The van der Waals surface area contributed by atoms with E-state index >= 15 is 0 Å². The Morgan fingerprint density at radius 2 is 1.81 bits per heavy atom. The van der Waals surface area contributed by atoms with Crippen molar-refractivity contribution >= 4 is 35.1 Å². The first-order chi connectivity index (χ1) is 15.2. The van der Waals surface area contributed by atoms with Crippen molar-refractivity contribution < 1.29 is 23.9 Å². The highest BCUT2D eigenvalue weighted by molar-refractivity contribution is 7.99. The fourth-order valence-electron chi connectivity index (χ4n) is 3.07. The number of carbonyl (C=O) groups excluding carboxylic acids is 3. The highest BCUT2D eigenvalue weighted by Crippen LogP contribution is 2.27. The molecule has 6 nitrogen and oxygen atoms in total. The van der Waals surface area contributed by atoms with E-state index in [1.54, 1.807) is 48.2 Å². The van der Waals surface area contributed by atoms with Gasteiger partial charge in [0.25, 0.3) is 0 Å². The minimum absolute atomic E-state index is 0.110. The zero-order valence-electron chi connectivity index (χ0n) is 18.7. The quantitative estimate of drug-likeness (QED) is 0.343. The Morgan fingerprint density at radius 1 is 1.09 bits per heavy atom. The minimum atomic E-state index is -0.525. The molecule has 0 radical (unpaired) electrons. The van der Waals surface area contributed by atoms with E-state index in [1.165, 1.54) is 0 Å². The van der Waals surface area contributed by atoms with Crippen molar-refractivity contribution in [2.45, 2.75) is 44.6 Å². The molecule has 0 spiro atoms. The smallest absolute Gasteiger partial charge is 0.339 e. The summed E-state index contributed by atoms with van der Waals surface area (Å²) in [6.07, 6.45) is 2.31. The predicted octanol–water partition coefficient (Wildman–Crippen LogP) is 4.98. The fourth-order valence-corrected chi connectivity index (χ4v) is 4.18. The van der Waals surface area contributed by atoms with Crippen LogP contribution in [0.15, 0.2) is 53.4 Å². The molecule has 1 fully saturated rings. The van der Waals surface area contributed by atoms with Crippen LogP contribution in [0.4, 0.5) is 5.69 Å². The monoisotopic (exact) mass is 455 g/mol. The van der Waals surface area contributed by atoms with Crippen molar-refractivity contribution in [3.05, 3.63) is 59.7 Å². The predicted molar refractivity (Wildman–Crippen MR) is 125 cm³/mol. The SMILES string of the molecule is CC(C)(C)C(=O)Nc1ccc(C(=O)COC(=O)c2ccccc2SCC2CCCO2)cc1. The normalized spacial score (nSPS) is 15.9. The maximum atomic E-state index is 12.6. The van der Waals surface area contributed by atoms with Gasteiger partial charge in [-0.15, -0.1) is 11.8 Å². The summed E-state index contributed by atoms with van der Waals surface area (Å²) in [6.45, 7) is 5.92. The Labute approximate surface area is 193 Å². The summed E-state index contributed by atoms with van der Waals surface area (Å²) in [4.78, 5) is 38.0. The Hall–Kier alpha value is -2.64. The molecular weight excluding hydrogens is 426 g/mol. The Balaban J connectivity index is 1.54. The van der Waals surface area contributed by atoms with Crippen LogP contribution in [0.2, 0.25) is 0 Å². The molecule has 2 aromatic carbocycles. The van der Waals surface area contributed by atoms with Crippen LogP contribution in [-0.4, -0.2) is 42.7 Å². The zero-order valence-corrected chi connectivity index (χ0v) is 19.5. The number of amides is 1. The average Bonchev–Trinajstić information content (AvgIpc) is 3.29. The van der Waals surface area contributed by atoms with E-state index in [2.05, 4.69) is 5.32 Å². The Bertz CT molecular complexity index is 959. The molecular formula is C25H29NO5S. The lowest BCUT2D eigenvalue weighted by molar-refractivity contribution is -0.123. The number of ketones is 1. The van der Waals surface area contributed by atoms with Crippen molar-refractivity contribution in [1.82, 2.24) is 0 Å². The largest absolute Gasteiger partial charge is 0.454 e. The van der Waals surface area contributed by atoms with Gasteiger partial charge in [0.2, 0.25) is 5.91 Å². The van der Waals surface area contributed by atoms with Gasteiger partial charge in [-0.25, -0.2) is 4.79 Å². The molecule has 32 heavy (non-hydrogen) atoms. The molecule has 1 atom stereocenters. The van der Waals surface area contributed by atoms with Gasteiger partial charge in [-0.3, -0.25) is 9.59 Å². The first kappa shape index (κ1) is 24.0. The van der Waals surface area contributed by atoms with E-state index in [9.17, 15) is 14.4 Å². The van der Waals surface area contributed by atoms with Crippen molar-refractivity contribution in [3.8, 4) is 0 Å². The number of hydrogen-bond donors (Lipinski definition) is 1. The van der Waals surface area contributed by atoms with Gasteiger partial charge in [0.15, 0.2) is 12.4 Å². The molecule has 0 aromatic heterocycles. The lowest BCUT2D eigenvalue weighted by Crippen LogP contribution is -2.27. The van der Waals surface area contributed by atoms with Crippen LogP contribution in [0.3, 0.4) is 0 Å². The van der Waals surface area contributed by atoms with Gasteiger partial charge < -0.3 is 14.8 Å². The topological polar surface area (TPSA) is 81.7 Å². The lowest BCUT2D eigenvalue weighted by atomic mass is 9.95. The molecule has 1 N–H and O–H groups in total. The van der Waals surface area contributed by atoms with Crippen molar-refractivity contribution in [2.24, 2.45) is 5.41 Å². The van der Waals surface area contributed by atoms with Gasteiger partial charge >= 0.3 is 5.97 Å². The van der Waals surface area contributed by atoms with Crippen LogP contribution in [0.25, 0.3) is 0 Å². The number of esters is 1. The number of rotatable bonds is 8. The minimum Gasteiger partial charge on any atom is -0.454 e. The van der Waals surface area contributed by atoms with Crippen LogP contribution in [0.5, 0.6) is 0 Å². The van der Waals surface area contributed by atoms with E-state index < -0.39 is 11.4 Å². The Kier molecular flexibility index (Phi) is 8.10. The molecule has 1 unspecified atom stereocenters. The van der Waals surface area contributed by atoms with Crippen LogP contribution >= 0.6 is 11.8 Å².